The summed E-state index contributed by atoms with van der Waals surface area (Å²) in [6, 6.07) is 5.76. The predicted molar refractivity (Wildman–Crippen MR) is 88.6 cm³/mol. The third-order valence-electron chi connectivity index (χ3n) is 2.68. The van der Waals surface area contributed by atoms with Gasteiger partial charge in [0, 0.05) is 24.8 Å². The van der Waals surface area contributed by atoms with E-state index in [0.29, 0.717) is 12.5 Å². The largest absolute Gasteiger partial charge is 0.493 e. The molecule has 0 heterocycles. The molecular weight excluding hydrogens is 266 g/mol. The zero-order valence-corrected chi connectivity index (χ0v) is 13.7. The SMILES string of the molecule is CCNC(=NCC(C)C)Nc1ccc(OC)c(OCC)c1. The van der Waals surface area contributed by atoms with E-state index in [2.05, 4.69) is 29.5 Å². The molecule has 0 radical (unpaired) electrons. The number of hydrogen-bond donors (Lipinski definition) is 2. The van der Waals surface area contributed by atoms with Gasteiger partial charge < -0.3 is 20.1 Å². The maximum absolute atomic E-state index is 5.58. The first kappa shape index (κ1) is 17.1. The minimum Gasteiger partial charge on any atom is -0.493 e. The van der Waals surface area contributed by atoms with Crippen molar-refractivity contribution >= 4 is 11.6 Å². The first-order chi connectivity index (χ1) is 10.1. The molecule has 0 aliphatic heterocycles. The first-order valence-electron chi connectivity index (χ1n) is 7.46. The van der Waals surface area contributed by atoms with E-state index in [9.17, 15) is 0 Å². The number of nitrogens with zero attached hydrogens (tertiary/aromatic N) is 1. The summed E-state index contributed by atoms with van der Waals surface area (Å²) in [4.78, 5) is 4.55. The third-order valence-corrected chi connectivity index (χ3v) is 2.68. The fourth-order valence-electron chi connectivity index (χ4n) is 1.74. The van der Waals surface area contributed by atoms with Crippen LogP contribution in [0, 0.1) is 5.92 Å². The Morgan fingerprint density at radius 3 is 2.57 bits per heavy atom. The Balaban J connectivity index is 2.87. The number of anilines is 1. The van der Waals surface area contributed by atoms with Gasteiger partial charge in [-0.2, -0.15) is 0 Å². The molecule has 2 N–H and O–H groups in total. The summed E-state index contributed by atoms with van der Waals surface area (Å²) in [6.07, 6.45) is 0. The summed E-state index contributed by atoms with van der Waals surface area (Å²) < 4.78 is 10.9. The highest BCUT2D eigenvalue weighted by atomic mass is 16.5. The van der Waals surface area contributed by atoms with Crippen molar-refractivity contribution in [1.82, 2.24) is 5.32 Å². The molecule has 0 amide bonds. The van der Waals surface area contributed by atoms with E-state index in [0.717, 1.165) is 36.2 Å². The van der Waals surface area contributed by atoms with Crippen molar-refractivity contribution in [3.63, 3.8) is 0 Å². The van der Waals surface area contributed by atoms with Gasteiger partial charge in [0.15, 0.2) is 17.5 Å². The van der Waals surface area contributed by atoms with Gasteiger partial charge in [0.1, 0.15) is 0 Å². The van der Waals surface area contributed by atoms with Crippen LogP contribution in [0.1, 0.15) is 27.7 Å². The number of nitrogens with one attached hydrogen (secondary N) is 2. The molecule has 0 aromatic heterocycles. The van der Waals surface area contributed by atoms with E-state index in [1.54, 1.807) is 7.11 Å². The number of benzene rings is 1. The summed E-state index contributed by atoms with van der Waals surface area (Å²) in [7, 11) is 1.64. The van der Waals surface area contributed by atoms with Crippen LogP contribution in [0.5, 0.6) is 11.5 Å². The lowest BCUT2D eigenvalue weighted by molar-refractivity contribution is 0.311. The summed E-state index contributed by atoms with van der Waals surface area (Å²) >= 11 is 0. The van der Waals surface area contributed by atoms with Crippen LogP contribution in [0.3, 0.4) is 0 Å². The Bertz CT molecular complexity index is 459. The molecule has 0 aliphatic rings. The normalized spacial score (nSPS) is 11.4. The van der Waals surface area contributed by atoms with Gasteiger partial charge in [-0.25, -0.2) is 0 Å². The van der Waals surface area contributed by atoms with Gasteiger partial charge in [0.2, 0.25) is 0 Å². The Morgan fingerprint density at radius 1 is 1.24 bits per heavy atom. The number of hydrogen-bond acceptors (Lipinski definition) is 3. The lowest BCUT2D eigenvalue weighted by Crippen LogP contribution is -2.31. The van der Waals surface area contributed by atoms with E-state index in [-0.39, 0.29) is 0 Å². The number of guanidine groups is 1. The molecule has 0 atom stereocenters. The maximum atomic E-state index is 5.58. The number of ether oxygens (including phenoxy) is 2. The second kappa shape index (κ2) is 9.10. The second-order valence-electron chi connectivity index (χ2n) is 5.04. The highest BCUT2D eigenvalue weighted by Crippen LogP contribution is 2.30. The van der Waals surface area contributed by atoms with Crippen LogP contribution in [0.25, 0.3) is 0 Å². The van der Waals surface area contributed by atoms with Gasteiger partial charge in [0.05, 0.1) is 13.7 Å². The molecule has 1 aromatic rings. The Kier molecular flexibility index (Phi) is 7.43. The average Bonchev–Trinajstić information content (AvgIpc) is 2.45. The van der Waals surface area contributed by atoms with Gasteiger partial charge in [-0.3, -0.25) is 4.99 Å². The monoisotopic (exact) mass is 293 g/mol. The predicted octanol–water partition coefficient (Wildman–Crippen LogP) is 3.13. The molecule has 0 saturated heterocycles. The molecule has 0 unspecified atom stereocenters. The average molecular weight is 293 g/mol. The fourth-order valence-corrected chi connectivity index (χ4v) is 1.74. The van der Waals surface area contributed by atoms with E-state index in [4.69, 9.17) is 9.47 Å². The summed E-state index contributed by atoms with van der Waals surface area (Å²) in [5, 5.41) is 6.52. The molecule has 0 fully saturated rings. The van der Waals surface area contributed by atoms with E-state index < -0.39 is 0 Å². The van der Waals surface area contributed by atoms with Crippen LogP contribution >= 0.6 is 0 Å². The van der Waals surface area contributed by atoms with Crippen LogP contribution in [0.4, 0.5) is 5.69 Å². The van der Waals surface area contributed by atoms with Crippen molar-refractivity contribution < 1.29 is 9.47 Å². The van der Waals surface area contributed by atoms with Crippen molar-refractivity contribution in [2.45, 2.75) is 27.7 Å². The van der Waals surface area contributed by atoms with Crippen LogP contribution in [-0.4, -0.2) is 32.8 Å². The number of methoxy groups -OCH3 is 1. The molecule has 0 saturated carbocycles. The third kappa shape index (κ3) is 5.94. The quantitative estimate of drug-likeness (QED) is 0.599. The molecule has 5 heteroatoms. The molecule has 5 nitrogen and oxygen atoms in total. The van der Waals surface area contributed by atoms with Crippen LogP contribution < -0.4 is 20.1 Å². The summed E-state index contributed by atoms with van der Waals surface area (Å²) in [6.45, 7) is 10.5. The van der Waals surface area contributed by atoms with Crippen LogP contribution in [0.2, 0.25) is 0 Å². The zero-order chi connectivity index (χ0) is 15.7. The molecular formula is C16H27N3O2. The van der Waals surface area contributed by atoms with Crippen LogP contribution in [-0.2, 0) is 0 Å². The van der Waals surface area contributed by atoms with E-state index in [1.807, 2.05) is 32.0 Å². The summed E-state index contributed by atoms with van der Waals surface area (Å²) in [5.41, 5.74) is 0.919. The topological polar surface area (TPSA) is 54.9 Å². The minimum atomic E-state index is 0.523. The van der Waals surface area contributed by atoms with Gasteiger partial charge in [-0.1, -0.05) is 13.8 Å². The van der Waals surface area contributed by atoms with E-state index >= 15 is 0 Å². The molecule has 0 bridgehead atoms. The maximum Gasteiger partial charge on any atom is 0.195 e. The smallest absolute Gasteiger partial charge is 0.195 e. The van der Waals surface area contributed by atoms with Crippen molar-refractivity contribution in [3.05, 3.63) is 18.2 Å². The van der Waals surface area contributed by atoms with Crippen molar-refractivity contribution in [1.29, 1.82) is 0 Å². The molecule has 21 heavy (non-hydrogen) atoms. The fraction of sp³-hybridized carbons (Fsp3) is 0.562. The van der Waals surface area contributed by atoms with Gasteiger partial charge in [-0.05, 0) is 31.9 Å². The molecule has 0 aliphatic carbocycles. The highest BCUT2D eigenvalue weighted by molar-refractivity contribution is 5.93. The van der Waals surface area contributed by atoms with Crippen molar-refractivity contribution in [3.8, 4) is 11.5 Å². The number of aliphatic imine (C=N–C) groups is 1. The standard InChI is InChI=1S/C16H27N3O2/c1-6-17-16(18-11-12(3)4)19-13-8-9-14(20-5)15(10-13)21-7-2/h8-10,12H,6-7,11H2,1-5H3,(H2,17,18,19). The number of rotatable bonds is 7. The highest BCUT2D eigenvalue weighted by Gasteiger charge is 2.07. The Morgan fingerprint density at radius 2 is 2.00 bits per heavy atom. The Hall–Kier alpha value is -1.91. The van der Waals surface area contributed by atoms with Crippen molar-refractivity contribution in [2.24, 2.45) is 10.9 Å². The van der Waals surface area contributed by atoms with Gasteiger partial charge in [0.25, 0.3) is 0 Å². The first-order valence-corrected chi connectivity index (χ1v) is 7.46. The zero-order valence-electron chi connectivity index (χ0n) is 13.7. The van der Waals surface area contributed by atoms with Gasteiger partial charge >= 0.3 is 0 Å². The van der Waals surface area contributed by atoms with Crippen molar-refractivity contribution in [2.75, 3.05) is 32.1 Å². The minimum absolute atomic E-state index is 0.523. The van der Waals surface area contributed by atoms with Crippen LogP contribution in [0.15, 0.2) is 23.2 Å². The molecule has 1 rings (SSSR count). The molecule has 0 spiro atoms. The Labute approximate surface area is 127 Å². The molecule has 118 valence electrons. The second-order valence-corrected chi connectivity index (χ2v) is 5.04. The lowest BCUT2D eigenvalue weighted by Gasteiger charge is -2.14. The lowest BCUT2D eigenvalue weighted by atomic mass is 10.2. The molecule has 1 aromatic carbocycles. The van der Waals surface area contributed by atoms with E-state index in [1.165, 1.54) is 0 Å². The van der Waals surface area contributed by atoms with Gasteiger partial charge in [-0.15, -0.1) is 0 Å². The summed E-state index contributed by atoms with van der Waals surface area (Å²) in [5.74, 6) is 2.75.